The Kier molecular flexibility index (Phi) is 12.8. The van der Waals surface area contributed by atoms with E-state index in [0.717, 1.165) is 21.0 Å². The van der Waals surface area contributed by atoms with Crippen molar-refractivity contribution in [3.63, 3.8) is 0 Å². The summed E-state index contributed by atoms with van der Waals surface area (Å²) in [6, 6.07) is -3.47. The van der Waals surface area contributed by atoms with Crippen LogP contribution in [0.3, 0.4) is 0 Å². The fourth-order valence-corrected chi connectivity index (χ4v) is 7.12. The van der Waals surface area contributed by atoms with Crippen molar-refractivity contribution < 1.29 is 103 Å². The summed E-state index contributed by atoms with van der Waals surface area (Å²) in [7, 11) is 1.09. The summed E-state index contributed by atoms with van der Waals surface area (Å²) in [5.74, 6) is -7.59. The van der Waals surface area contributed by atoms with Gasteiger partial charge < -0.3 is 104 Å². The lowest BCUT2D eigenvalue weighted by Crippen LogP contribution is -2.78. The molecule has 0 aromatic heterocycles. The number of rotatable bonds is 6. The van der Waals surface area contributed by atoms with Crippen LogP contribution < -0.4 is 10.6 Å². The van der Waals surface area contributed by atoms with Gasteiger partial charge in [0, 0.05) is 21.0 Å². The largest absolute Gasteiger partial charge is 0.394 e. The van der Waals surface area contributed by atoms with E-state index in [1.165, 1.54) is 6.92 Å². The Bertz CT molecular complexity index is 1190. The van der Waals surface area contributed by atoms with Gasteiger partial charge in [0.2, 0.25) is 11.8 Å². The highest BCUT2D eigenvalue weighted by molar-refractivity contribution is 5.73. The highest BCUT2D eigenvalue weighted by Gasteiger charge is 2.68. The Morgan fingerprint density at radius 2 is 1.02 bits per heavy atom. The van der Waals surface area contributed by atoms with E-state index in [1.54, 1.807) is 0 Å². The molecule has 12 N–H and O–H groups in total. The average molecular weight is 761 g/mol. The summed E-state index contributed by atoms with van der Waals surface area (Å²) in [5, 5.41) is 114. The van der Waals surface area contributed by atoms with Gasteiger partial charge in [-0.1, -0.05) is 0 Å². The molecule has 0 aromatic carbocycles. The van der Waals surface area contributed by atoms with Gasteiger partial charge in [-0.15, -0.1) is 0 Å². The smallest absolute Gasteiger partial charge is 0.314 e. The summed E-state index contributed by atoms with van der Waals surface area (Å²) >= 11 is 0. The molecule has 0 radical (unpaired) electrons. The lowest BCUT2D eigenvalue weighted by atomic mass is 9.91. The zero-order chi connectivity index (χ0) is 38.4. The Balaban J connectivity index is 1.79. The number of aliphatic hydroxyl groups is 10. The Morgan fingerprint density at radius 1 is 0.596 bits per heavy atom. The number of carbonyl (C=O) groups is 2. The maximum Gasteiger partial charge on any atom is 0.314 e. The fourth-order valence-electron chi connectivity index (χ4n) is 7.12. The maximum atomic E-state index is 12.4. The predicted octanol–water partition coefficient (Wildman–Crippen LogP) is -8.09. The number of hydrogen-bond acceptors (Lipinski definition) is 21. The number of methoxy groups -OCH3 is 1. The van der Waals surface area contributed by atoms with Crippen LogP contribution in [0.15, 0.2) is 0 Å². The minimum absolute atomic E-state index is 0.787. The first-order valence-corrected chi connectivity index (χ1v) is 16.5. The van der Waals surface area contributed by atoms with Gasteiger partial charge in [-0.25, -0.2) is 0 Å². The number of ether oxygens (including phenoxy) is 9. The van der Waals surface area contributed by atoms with E-state index in [1.807, 2.05) is 0 Å². The quantitative estimate of drug-likeness (QED) is 0.120. The van der Waals surface area contributed by atoms with E-state index in [4.69, 9.17) is 42.6 Å². The maximum absolute atomic E-state index is 12.4. The topological polar surface area (TPSA) is 344 Å². The van der Waals surface area contributed by atoms with Gasteiger partial charge in [0.15, 0.2) is 24.8 Å². The molecular weight excluding hydrogens is 712 g/mol. The molecule has 23 nitrogen and oxygen atoms in total. The monoisotopic (exact) mass is 760 g/mol. The number of aliphatic hydroxyl groups excluding tert-OH is 10. The second-order valence-corrected chi connectivity index (χ2v) is 13.2. The molecule has 2 unspecified atom stereocenters. The molecule has 300 valence electrons. The van der Waals surface area contributed by atoms with Gasteiger partial charge in [0.1, 0.15) is 79.2 Å². The Labute approximate surface area is 295 Å². The molecule has 5 aliphatic rings. The molecule has 5 heterocycles. The SMILES string of the molecule is CO[C@H]1[C@@H](O)[C@@H](CO)OC2(O[C@H]3[C@H](OC4(O[C@@H]5[C@@H](NC(C)=O)[C@@H](O)O[C@H](CO)[C@H]5O2)O[C@@H](C)[C@@H](O)[C@@H](O)[C@@H]4O)[C@@H](NC(C)=O)[C@H](O)O[C@@H]3CO)[C@@H]1O. The molecule has 5 aliphatic heterocycles. The molecular formula is C29H48N2O21. The molecule has 20 atom stereocenters. The third-order valence-electron chi connectivity index (χ3n) is 9.66. The normalized spacial score (nSPS) is 51.3. The molecule has 5 fully saturated rings. The van der Waals surface area contributed by atoms with Gasteiger partial charge in [-0.3, -0.25) is 9.59 Å². The Morgan fingerprint density at radius 3 is 1.42 bits per heavy atom. The van der Waals surface area contributed by atoms with Crippen molar-refractivity contribution in [2.45, 2.75) is 143 Å². The van der Waals surface area contributed by atoms with Crippen molar-refractivity contribution in [3.05, 3.63) is 0 Å². The second-order valence-electron chi connectivity index (χ2n) is 13.2. The van der Waals surface area contributed by atoms with Crippen molar-refractivity contribution in [3.8, 4) is 0 Å². The minimum Gasteiger partial charge on any atom is -0.394 e. The first-order chi connectivity index (χ1) is 24.5. The second kappa shape index (κ2) is 16.1. The average Bonchev–Trinajstić information content (AvgIpc) is 3.09. The van der Waals surface area contributed by atoms with Crippen LogP contribution in [0.4, 0.5) is 0 Å². The molecule has 2 spiro atoms. The highest BCUT2D eigenvalue weighted by atomic mass is 16.9. The molecule has 52 heavy (non-hydrogen) atoms. The van der Waals surface area contributed by atoms with E-state index >= 15 is 0 Å². The number of fused-ring (bicyclic) bond motifs is 2. The van der Waals surface area contributed by atoms with Crippen molar-refractivity contribution in [1.82, 2.24) is 10.6 Å². The minimum atomic E-state index is -3.02. The van der Waals surface area contributed by atoms with Crippen LogP contribution >= 0.6 is 0 Å². The first-order valence-electron chi connectivity index (χ1n) is 16.5. The molecule has 0 saturated carbocycles. The summed E-state index contributed by atoms with van der Waals surface area (Å²) in [6.45, 7) is 0.442. The van der Waals surface area contributed by atoms with Crippen molar-refractivity contribution in [2.75, 3.05) is 26.9 Å². The van der Waals surface area contributed by atoms with Crippen LogP contribution in [0.25, 0.3) is 0 Å². The van der Waals surface area contributed by atoms with Crippen LogP contribution in [-0.2, 0) is 52.2 Å². The Hall–Kier alpha value is -1.82. The lowest BCUT2D eigenvalue weighted by molar-refractivity contribution is -0.540. The van der Waals surface area contributed by atoms with Gasteiger partial charge in [-0.05, 0) is 6.92 Å². The van der Waals surface area contributed by atoms with E-state index in [9.17, 15) is 60.7 Å². The van der Waals surface area contributed by atoms with Crippen LogP contribution in [0, 0.1) is 0 Å². The standard InChI is InChI=1S/C29H48N2O21/c1-8-16(37)18(39)24(40)28(47-8)51-21-14(30-9(2)35)26(42)45-12(6-33)19(21)49-29(25(41)23(44-4)17(38)11(5-32)48-29)50-20-13(7-34)46-27(43)15(22(20)52-28)31-10(3)36/h8,11-27,32-34,37-43H,5-7H2,1-4H3,(H,30,35)(H,31,36)/t8-,11+,12+,13+,14+,15+,16+,17-,18+,19+,20+,21+,22+,23-,24-,25+,26-,27+,28?,29?/m0/s1. The van der Waals surface area contributed by atoms with Crippen LogP contribution in [0.1, 0.15) is 20.8 Å². The zero-order valence-corrected chi connectivity index (χ0v) is 28.5. The number of nitrogens with one attached hydrogen (secondary N) is 2. The molecule has 0 aromatic rings. The summed E-state index contributed by atoms with van der Waals surface area (Å²) < 4.78 is 53.5. The fraction of sp³-hybridized carbons (Fsp3) is 0.931. The summed E-state index contributed by atoms with van der Waals surface area (Å²) in [6.07, 6.45) is -30.1. The van der Waals surface area contributed by atoms with Crippen molar-refractivity contribution >= 4 is 11.8 Å². The molecule has 0 bridgehead atoms. The summed E-state index contributed by atoms with van der Waals surface area (Å²) in [5.41, 5.74) is 0. The van der Waals surface area contributed by atoms with E-state index in [2.05, 4.69) is 10.6 Å². The van der Waals surface area contributed by atoms with E-state index in [0.29, 0.717) is 0 Å². The lowest BCUT2D eigenvalue weighted by Gasteiger charge is -2.58. The molecule has 2 amide bonds. The third-order valence-corrected chi connectivity index (χ3v) is 9.66. The zero-order valence-electron chi connectivity index (χ0n) is 28.5. The number of carbonyl (C=O) groups excluding carboxylic acids is 2. The number of hydrogen-bond donors (Lipinski definition) is 12. The van der Waals surface area contributed by atoms with Gasteiger partial charge in [0.05, 0.1) is 25.9 Å². The van der Waals surface area contributed by atoms with E-state index in [-0.39, 0.29) is 0 Å². The van der Waals surface area contributed by atoms with Crippen LogP contribution in [-0.4, -0.2) is 212 Å². The van der Waals surface area contributed by atoms with Gasteiger partial charge in [-0.2, -0.15) is 0 Å². The third kappa shape index (κ3) is 7.43. The summed E-state index contributed by atoms with van der Waals surface area (Å²) in [4.78, 5) is 24.9. The highest BCUT2D eigenvalue weighted by Crippen LogP contribution is 2.46. The van der Waals surface area contributed by atoms with Crippen LogP contribution in [0.5, 0.6) is 0 Å². The van der Waals surface area contributed by atoms with Gasteiger partial charge in [0.25, 0.3) is 0 Å². The predicted molar refractivity (Wildman–Crippen MR) is 159 cm³/mol. The van der Waals surface area contributed by atoms with Crippen LogP contribution in [0.2, 0.25) is 0 Å². The molecule has 5 rings (SSSR count). The van der Waals surface area contributed by atoms with Gasteiger partial charge >= 0.3 is 11.9 Å². The van der Waals surface area contributed by atoms with E-state index < -0.39 is 154 Å². The number of amides is 2. The molecule has 23 heteroatoms. The molecule has 0 aliphatic carbocycles. The van der Waals surface area contributed by atoms with Crippen molar-refractivity contribution in [2.24, 2.45) is 0 Å². The first kappa shape index (κ1) is 41.3. The van der Waals surface area contributed by atoms with Crippen molar-refractivity contribution in [1.29, 1.82) is 0 Å². The molecule has 5 saturated heterocycles.